The highest BCUT2D eigenvalue weighted by Crippen LogP contribution is 2.40. The standard InChI is InChI=1S/C39H64O18/c1-9-39(8,13-20-12-16(4)10-11-21(20)15(2)3)57-38-34(28(45)25(42)22(54-38)14-50-35-30(47)26(43)23(40)17(5)51-35)56-37-32(49)29(46)33(19(7)53-37)55-36-31(48)27(44)24(41)18(6)52-36/h9,12,17-20,22-38,40-49H,1,10-11,13-14H2,2-8H3. The average Bonchev–Trinajstić information content (AvgIpc) is 3.16. The van der Waals surface area contributed by atoms with E-state index in [9.17, 15) is 51.1 Å². The Balaban J connectivity index is 1.37. The van der Waals surface area contributed by atoms with Crippen LogP contribution in [0.5, 0.6) is 0 Å². The number of aliphatic hydroxyl groups excluding tert-OH is 10. The van der Waals surface area contributed by atoms with E-state index < -0.39 is 135 Å². The number of rotatable bonds is 12. The van der Waals surface area contributed by atoms with Gasteiger partial charge in [0.05, 0.1) is 30.5 Å². The molecule has 22 unspecified atom stereocenters. The fourth-order valence-electron chi connectivity index (χ4n) is 8.09. The second-order valence-corrected chi connectivity index (χ2v) is 16.6. The Hall–Kier alpha value is -1.50. The summed E-state index contributed by atoms with van der Waals surface area (Å²) in [6, 6.07) is 0. The minimum atomic E-state index is -1.85. The van der Waals surface area contributed by atoms with Crippen LogP contribution in [0.2, 0.25) is 0 Å². The molecule has 18 nitrogen and oxygen atoms in total. The van der Waals surface area contributed by atoms with E-state index in [1.165, 1.54) is 37.5 Å². The van der Waals surface area contributed by atoms with Crippen molar-refractivity contribution >= 4 is 0 Å². The van der Waals surface area contributed by atoms with Crippen molar-refractivity contribution in [1.82, 2.24) is 0 Å². The summed E-state index contributed by atoms with van der Waals surface area (Å²) in [5.41, 5.74) is 2.48. The number of allylic oxidation sites excluding steroid dienone is 4. The maximum absolute atomic E-state index is 11.6. The quantitative estimate of drug-likeness (QED) is 0.0992. The Labute approximate surface area is 332 Å². The second-order valence-electron chi connectivity index (χ2n) is 16.6. The molecule has 0 aromatic heterocycles. The zero-order chi connectivity index (χ0) is 42.3. The molecule has 0 saturated carbocycles. The Morgan fingerprint density at radius 2 is 1.18 bits per heavy atom. The number of aliphatic hydroxyl groups is 10. The van der Waals surface area contributed by atoms with Crippen molar-refractivity contribution in [2.24, 2.45) is 5.92 Å². The lowest BCUT2D eigenvalue weighted by Crippen LogP contribution is -2.66. The molecule has 0 aromatic rings. The predicted octanol–water partition coefficient (Wildman–Crippen LogP) is -1.61. The molecule has 4 aliphatic heterocycles. The van der Waals surface area contributed by atoms with Crippen molar-refractivity contribution < 1.29 is 89.0 Å². The van der Waals surface area contributed by atoms with Crippen LogP contribution in [-0.4, -0.2) is 186 Å². The third kappa shape index (κ3) is 10.2. The topological polar surface area (TPSA) is 276 Å². The minimum Gasteiger partial charge on any atom is -0.388 e. The first kappa shape index (κ1) is 46.6. The van der Waals surface area contributed by atoms with Gasteiger partial charge in [0.15, 0.2) is 25.2 Å². The average molecular weight is 821 g/mol. The summed E-state index contributed by atoms with van der Waals surface area (Å²) < 4.78 is 47.4. The molecule has 22 atom stereocenters. The summed E-state index contributed by atoms with van der Waals surface area (Å²) in [7, 11) is 0. The third-order valence-electron chi connectivity index (χ3n) is 11.9. The molecule has 5 rings (SSSR count). The molecule has 18 heteroatoms. The highest BCUT2D eigenvalue weighted by molar-refractivity contribution is 5.27. The molecule has 57 heavy (non-hydrogen) atoms. The highest BCUT2D eigenvalue weighted by atomic mass is 16.8. The van der Waals surface area contributed by atoms with Gasteiger partial charge in [-0.1, -0.05) is 28.9 Å². The first-order valence-corrected chi connectivity index (χ1v) is 19.7. The molecule has 0 spiro atoms. The lowest BCUT2D eigenvalue weighted by Gasteiger charge is -2.49. The molecule has 4 heterocycles. The minimum absolute atomic E-state index is 0.0338. The van der Waals surface area contributed by atoms with E-state index in [-0.39, 0.29) is 5.92 Å². The molecule has 4 fully saturated rings. The number of hydrogen-bond acceptors (Lipinski definition) is 18. The van der Waals surface area contributed by atoms with Crippen molar-refractivity contribution in [3.8, 4) is 0 Å². The van der Waals surface area contributed by atoms with Crippen LogP contribution in [0.25, 0.3) is 0 Å². The van der Waals surface area contributed by atoms with Gasteiger partial charge in [-0.05, 0) is 67.7 Å². The molecule has 0 amide bonds. The molecular weight excluding hydrogens is 756 g/mol. The highest BCUT2D eigenvalue weighted by Gasteiger charge is 2.54. The van der Waals surface area contributed by atoms with Crippen LogP contribution in [0.15, 0.2) is 35.5 Å². The van der Waals surface area contributed by atoms with Gasteiger partial charge in [-0.15, -0.1) is 6.58 Å². The van der Waals surface area contributed by atoms with Gasteiger partial charge >= 0.3 is 0 Å². The normalized spacial score (nSPS) is 48.2. The zero-order valence-electron chi connectivity index (χ0n) is 33.6. The summed E-state index contributed by atoms with van der Waals surface area (Å²) in [6.45, 7) is 15.9. The third-order valence-corrected chi connectivity index (χ3v) is 11.9. The predicted molar refractivity (Wildman–Crippen MR) is 197 cm³/mol. The Morgan fingerprint density at radius 1 is 0.667 bits per heavy atom. The van der Waals surface area contributed by atoms with Gasteiger partial charge in [-0.25, -0.2) is 0 Å². The van der Waals surface area contributed by atoms with Crippen LogP contribution in [0.1, 0.15) is 67.7 Å². The summed E-state index contributed by atoms with van der Waals surface area (Å²) in [5, 5.41) is 107. The molecular formula is C39H64O18. The van der Waals surface area contributed by atoms with Crippen molar-refractivity contribution in [3.05, 3.63) is 35.5 Å². The van der Waals surface area contributed by atoms with Gasteiger partial charge in [-0.2, -0.15) is 0 Å². The van der Waals surface area contributed by atoms with Crippen molar-refractivity contribution in [2.45, 2.75) is 196 Å². The molecule has 5 aliphatic rings. The van der Waals surface area contributed by atoms with Gasteiger partial charge in [0.25, 0.3) is 0 Å². The van der Waals surface area contributed by atoms with Gasteiger partial charge in [0.1, 0.15) is 79.4 Å². The zero-order valence-corrected chi connectivity index (χ0v) is 33.6. The molecule has 328 valence electrons. The summed E-state index contributed by atoms with van der Waals surface area (Å²) in [4.78, 5) is 0. The second kappa shape index (κ2) is 19.0. The van der Waals surface area contributed by atoms with Crippen molar-refractivity contribution in [3.63, 3.8) is 0 Å². The van der Waals surface area contributed by atoms with E-state index in [0.717, 1.165) is 12.8 Å². The largest absolute Gasteiger partial charge is 0.388 e. The van der Waals surface area contributed by atoms with Gasteiger partial charge in [0, 0.05) is 5.92 Å². The lowest BCUT2D eigenvalue weighted by molar-refractivity contribution is -0.388. The van der Waals surface area contributed by atoms with E-state index >= 15 is 0 Å². The molecule has 10 N–H and O–H groups in total. The monoisotopic (exact) mass is 820 g/mol. The fourth-order valence-corrected chi connectivity index (χ4v) is 8.09. The summed E-state index contributed by atoms with van der Waals surface area (Å²) in [6.07, 6.45) is -23.7. The van der Waals surface area contributed by atoms with Gasteiger partial charge < -0.3 is 89.0 Å². The Kier molecular flexibility index (Phi) is 15.6. The summed E-state index contributed by atoms with van der Waals surface area (Å²) in [5.74, 6) is -0.0338. The van der Waals surface area contributed by atoms with Crippen LogP contribution in [0.3, 0.4) is 0 Å². The van der Waals surface area contributed by atoms with E-state index in [0.29, 0.717) is 6.42 Å². The Bertz CT molecular complexity index is 1410. The molecule has 0 aromatic carbocycles. The van der Waals surface area contributed by atoms with E-state index in [1.54, 1.807) is 13.0 Å². The van der Waals surface area contributed by atoms with Gasteiger partial charge in [0.2, 0.25) is 0 Å². The molecule has 0 radical (unpaired) electrons. The van der Waals surface area contributed by atoms with E-state index in [2.05, 4.69) is 19.6 Å². The van der Waals surface area contributed by atoms with Crippen LogP contribution in [-0.2, 0) is 37.9 Å². The van der Waals surface area contributed by atoms with Crippen LogP contribution >= 0.6 is 0 Å². The smallest absolute Gasteiger partial charge is 0.188 e. The SMILES string of the molecule is C=CC(C)(CC1C=C(C)CCC1=C(C)C)OC1OC(COC2OC(C)C(O)C(O)C2O)C(O)C(O)C1OC1OC(C)C(OC2OC(C)C(O)C(O)C2O)C(O)C1O. The fraction of sp³-hybridized carbons (Fsp3) is 0.846. The van der Waals surface area contributed by atoms with Crippen LogP contribution < -0.4 is 0 Å². The van der Waals surface area contributed by atoms with Gasteiger partial charge in [-0.3, -0.25) is 0 Å². The molecule has 0 bridgehead atoms. The Morgan fingerprint density at radius 3 is 1.75 bits per heavy atom. The first-order chi connectivity index (χ1) is 26.7. The molecule has 4 saturated heterocycles. The lowest BCUT2D eigenvalue weighted by atomic mass is 9.78. The molecule has 1 aliphatic carbocycles. The first-order valence-electron chi connectivity index (χ1n) is 19.7. The number of ether oxygens (including phenoxy) is 8. The van der Waals surface area contributed by atoms with Crippen LogP contribution in [0.4, 0.5) is 0 Å². The maximum Gasteiger partial charge on any atom is 0.188 e. The summed E-state index contributed by atoms with van der Waals surface area (Å²) >= 11 is 0. The van der Waals surface area contributed by atoms with E-state index in [4.69, 9.17) is 37.9 Å². The number of hydrogen-bond donors (Lipinski definition) is 10. The van der Waals surface area contributed by atoms with Crippen molar-refractivity contribution in [1.29, 1.82) is 0 Å². The van der Waals surface area contributed by atoms with Crippen molar-refractivity contribution in [2.75, 3.05) is 6.61 Å². The van der Waals surface area contributed by atoms with Crippen LogP contribution in [0, 0.1) is 5.92 Å². The maximum atomic E-state index is 11.6. The van der Waals surface area contributed by atoms with E-state index in [1.807, 2.05) is 13.8 Å².